The zero-order valence-electron chi connectivity index (χ0n) is 10.4. The van der Waals surface area contributed by atoms with E-state index in [4.69, 9.17) is 46.4 Å². The Morgan fingerprint density at radius 2 is 1.79 bits per heavy atom. The molecule has 0 saturated heterocycles. The fourth-order valence-corrected chi connectivity index (χ4v) is 1.76. The predicted octanol–water partition coefficient (Wildman–Crippen LogP) is 4.22. The lowest BCUT2D eigenvalue weighted by Crippen LogP contribution is -2.50. The van der Waals surface area contributed by atoms with Crippen molar-refractivity contribution in [2.75, 3.05) is 5.32 Å². The number of rotatable bonds is 4. The lowest BCUT2D eigenvalue weighted by molar-refractivity contribution is -0.124. The predicted molar refractivity (Wildman–Crippen MR) is 82.1 cm³/mol. The van der Waals surface area contributed by atoms with Crippen molar-refractivity contribution in [3.05, 3.63) is 29.3 Å². The van der Waals surface area contributed by atoms with Gasteiger partial charge in [-0.05, 0) is 12.1 Å². The number of para-hydroxylation sites is 1. The summed E-state index contributed by atoms with van der Waals surface area (Å²) < 4.78 is -1.70. The largest absolute Gasteiger partial charge is 0.361 e. The number of nitrogens with one attached hydrogen (secondary N) is 2. The molecule has 0 unspecified atom stereocenters. The summed E-state index contributed by atoms with van der Waals surface area (Å²) in [5.41, 5.74) is 0.574. The van der Waals surface area contributed by atoms with Gasteiger partial charge in [0, 0.05) is 5.92 Å². The van der Waals surface area contributed by atoms with Crippen LogP contribution in [0.4, 0.5) is 5.69 Å². The van der Waals surface area contributed by atoms with E-state index in [2.05, 4.69) is 10.6 Å². The van der Waals surface area contributed by atoms with Crippen LogP contribution in [0.1, 0.15) is 13.8 Å². The van der Waals surface area contributed by atoms with Crippen LogP contribution >= 0.6 is 46.4 Å². The molecule has 0 aliphatic rings. The number of hydrogen-bond acceptors (Lipinski definition) is 2. The molecule has 0 aromatic heterocycles. The zero-order valence-corrected chi connectivity index (χ0v) is 13.4. The highest BCUT2D eigenvalue weighted by Crippen LogP contribution is 2.32. The van der Waals surface area contributed by atoms with E-state index in [1.807, 2.05) is 0 Å². The fraction of sp³-hybridized carbons (Fsp3) is 0.417. The van der Waals surface area contributed by atoms with Crippen molar-refractivity contribution >= 4 is 58.0 Å². The summed E-state index contributed by atoms with van der Waals surface area (Å²) in [6.07, 6.45) is -0.882. The van der Waals surface area contributed by atoms with Gasteiger partial charge in [-0.3, -0.25) is 4.79 Å². The van der Waals surface area contributed by atoms with Crippen LogP contribution in [-0.4, -0.2) is 15.9 Å². The maximum Gasteiger partial charge on any atom is 0.228 e. The highest BCUT2D eigenvalue weighted by molar-refractivity contribution is 6.68. The normalized spacial score (nSPS) is 13.2. The van der Waals surface area contributed by atoms with Crippen LogP contribution in [0.15, 0.2) is 24.3 Å². The van der Waals surface area contributed by atoms with Crippen LogP contribution in [0.3, 0.4) is 0 Å². The first kappa shape index (κ1) is 16.7. The lowest BCUT2D eigenvalue weighted by atomic mass is 10.2. The van der Waals surface area contributed by atoms with E-state index in [0.29, 0.717) is 10.7 Å². The van der Waals surface area contributed by atoms with E-state index in [9.17, 15) is 4.79 Å². The molecule has 1 aromatic carbocycles. The molecule has 0 bridgehead atoms. The number of amides is 1. The van der Waals surface area contributed by atoms with E-state index in [-0.39, 0.29) is 11.8 Å². The molecule has 0 radical (unpaired) electrons. The van der Waals surface area contributed by atoms with Gasteiger partial charge in [-0.25, -0.2) is 0 Å². The third kappa shape index (κ3) is 5.27. The maximum absolute atomic E-state index is 11.7. The summed E-state index contributed by atoms with van der Waals surface area (Å²) in [6, 6.07) is 7.00. The third-order valence-electron chi connectivity index (χ3n) is 2.31. The van der Waals surface area contributed by atoms with Crippen LogP contribution in [0, 0.1) is 5.92 Å². The van der Waals surface area contributed by atoms with Crippen LogP contribution in [0.25, 0.3) is 0 Å². The van der Waals surface area contributed by atoms with Crippen molar-refractivity contribution in [2.45, 2.75) is 23.8 Å². The Balaban J connectivity index is 2.88. The van der Waals surface area contributed by atoms with Crippen molar-refractivity contribution in [3.8, 4) is 0 Å². The first-order chi connectivity index (χ1) is 8.71. The molecular formula is C12H14Cl4N2O. The Kier molecular flexibility index (Phi) is 6.06. The van der Waals surface area contributed by atoms with Gasteiger partial charge < -0.3 is 10.6 Å². The van der Waals surface area contributed by atoms with Crippen molar-refractivity contribution < 1.29 is 4.79 Å². The molecule has 0 aliphatic carbocycles. The summed E-state index contributed by atoms with van der Waals surface area (Å²) >= 11 is 23.6. The summed E-state index contributed by atoms with van der Waals surface area (Å²) in [5.74, 6) is -0.446. The van der Waals surface area contributed by atoms with Gasteiger partial charge in [-0.1, -0.05) is 72.4 Å². The monoisotopic (exact) mass is 342 g/mol. The molecule has 0 heterocycles. The van der Waals surface area contributed by atoms with Crippen LogP contribution in [0.2, 0.25) is 5.02 Å². The van der Waals surface area contributed by atoms with E-state index in [0.717, 1.165) is 0 Å². The number of anilines is 1. The van der Waals surface area contributed by atoms with Gasteiger partial charge in [0.2, 0.25) is 9.70 Å². The zero-order chi connectivity index (χ0) is 14.6. The average molecular weight is 344 g/mol. The van der Waals surface area contributed by atoms with Gasteiger partial charge in [0.25, 0.3) is 0 Å². The Morgan fingerprint density at radius 1 is 1.21 bits per heavy atom. The quantitative estimate of drug-likeness (QED) is 0.634. The van der Waals surface area contributed by atoms with Gasteiger partial charge in [0.05, 0.1) is 10.7 Å². The van der Waals surface area contributed by atoms with Gasteiger partial charge in [0.1, 0.15) is 6.17 Å². The van der Waals surface area contributed by atoms with Crippen molar-refractivity contribution in [1.82, 2.24) is 5.32 Å². The number of halogens is 4. The minimum Gasteiger partial charge on any atom is -0.361 e. The number of alkyl halides is 3. The van der Waals surface area contributed by atoms with E-state index >= 15 is 0 Å². The SMILES string of the molecule is CC(C)C(=O)N[C@@H](Nc1ccccc1Cl)C(Cl)(Cl)Cl. The van der Waals surface area contributed by atoms with Crippen molar-refractivity contribution in [1.29, 1.82) is 0 Å². The van der Waals surface area contributed by atoms with Gasteiger partial charge in [0.15, 0.2) is 0 Å². The second-order valence-corrected chi connectivity index (χ2v) is 7.04. The van der Waals surface area contributed by atoms with Crippen LogP contribution < -0.4 is 10.6 Å². The summed E-state index contributed by atoms with van der Waals surface area (Å²) in [5, 5.41) is 6.01. The number of hydrogen-bond donors (Lipinski definition) is 2. The van der Waals surface area contributed by atoms with Crippen LogP contribution in [0.5, 0.6) is 0 Å². The standard InChI is InChI=1S/C12H14Cl4N2O/c1-7(2)10(19)18-11(12(14,15)16)17-9-6-4-3-5-8(9)13/h3-7,11,17H,1-2H3,(H,18,19)/t11-/m1/s1. The first-order valence-electron chi connectivity index (χ1n) is 5.60. The molecule has 1 amide bonds. The molecule has 0 saturated carbocycles. The molecule has 2 N–H and O–H groups in total. The molecule has 1 rings (SSSR count). The topological polar surface area (TPSA) is 41.1 Å². The number of carbonyl (C=O) groups excluding carboxylic acids is 1. The summed E-state index contributed by atoms with van der Waals surface area (Å²) in [6.45, 7) is 3.50. The minimum atomic E-state index is -1.70. The highest BCUT2D eigenvalue weighted by Gasteiger charge is 2.34. The second kappa shape index (κ2) is 6.89. The highest BCUT2D eigenvalue weighted by atomic mass is 35.6. The Hall–Kier alpha value is -0.350. The Labute approximate surface area is 132 Å². The molecular weight excluding hydrogens is 330 g/mol. The average Bonchev–Trinajstić information content (AvgIpc) is 2.29. The van der Waals surface area contributed by atoms with E-state index in [1.165, 1.54) is 0 Å². The third-order valence-corrected chi connectivity index (χ3v) is 3.30. The molecule has 1 atom stereocenters. The van der Waals surface area contributed by atoms with E-state index < -0.39 is 9.96 Å². The van der Waals surface area contributed by atoms with Gasteiger partial charge in [-0.2, -0.15) is 0 Å². The Morgan fingerprint density at radius 3 is 2.26 bits per heavy atom. The summed E-state index contributed by atoms with van der Waals surface area (Å²) in [4.78, 5) is 11.7. The Bertz CT molecular complexity index is 446. The second-order valence-electron chi connectivity index (χ2n) is 4.26. The first-order valence-corrected chi connectivity index (χ1v) is 7.11. The molecule has 0 aliphatic heterocycles. The van der Waals surface area contributed by atoms with Crippen molar-refractivity contribution in [3.63, 3.8) is 0 Å². The fourth-order valence-electron chi connectivity index (χ4n) is 1.24. The molecule has 7 heteroatoms. The molecule has 19 heavy (non-hydrogen) atoms. The van der Waals surface area contributed by atoms with E-state index in [1.54, 1.807) is 38.1 Å². The molecule has 0 spiro atoms. The summed E-state index contributed by atoms with van der Waals surface area (Å²) in [7, 11) is 0. The molecule has 1 aromatic rings. The minimum absolute atomic E-state index is 0.220. The van der Waals surface area contributed by atoms with Crippen molar-refractivity contribution in [2.24, 2.45) is 5.92 Å². The van der Waals surface area contributed by atoms with Gasteiger partial charge in [-0.15, -0.1) is 0 Å². The molecule has 3 nitrogen and oxygen atoms in total. The van der Waals surface area contributed by atoms with Crippen LogP contribution in [-0.2, 0) is 4.79 Å². The van der Waals surface area contributed by atoms with Gasteiger partial charge >= 0.3 is 0 Å². The number of benzene rings is 1. The molecule has 0 fully saturated rings. The smallest absolute Gasteiger partial charge is 0.228 e. The number of carbonyl (C=O) groups is 1. The molecule has 106 valence electrons. The lowest BCUT2D eigenvalue weighted by Gasteiger charge is -2.28. The maximum atomic E-state index is 11.7.